The summed E-state index contributed by atoms with van der Waals surface area (Å²) in [6, 6.07) is 10.6. The Kier molecular flexibility index (Phi) is 7.63. The predicted molar refractivity (Wildman–Crippen MR) is 113 cm³/mol. The monoisotopic (exact) mass is 422 g/mol. The predicted octanol–water partition coefficient (Wildman–Crippen LogP) is 3.98. The number of nitrogens with zero attached hydrogens (tertiary/aromatic N) is 1. The molecular formula is C21H27ClN2O3S. The lowest BCUT2D eigenvalue weighted by atomic mass is 10.1. The average molecular weight is 423 g/mol. The van der Waals surface area contributed by atoms with Crippen LogP contribution in [0, 0.1) is 20.8 Å². The average Bonchev–Trinajstić information content (AvgIpc) is 2.60. The normalized spacial score (nSPS) is 11.6. The Morgan fingerprint density at radius 3 is 2.18 bits per heavy atom. The zero-order valence-corrected chi connectivity index (χ0v) is 18.3. The highest BCUT2D eigenvalue weighted by molar-refractivity contribution is 7.89. The summed E-state index contributed by atoms with van der Waals surface area (Å²) in [6.07, 6.45) is 0.784. The Balaban J connectivity index is 2.44. The summed E-state index contributed by atoms with van der Waals surface area (Å²) < 4.78 is 28.2. The number of hydrogen-bond acceptors (Lipinski definition) is 3. The zero-order chi connectivity index (χ0) is 20.9. The smallest absolute Gasteiger partial charge is 0.244 e. The number of rotatable bonds is 8. The van der Waals surface area contributed by atoms with Gasteiger partial charge in [0.05, 0.1) is 11.4 Å². The molecule has 0 aliphatic carbocycles. The number of hydrogen-bond donors (Lipinski definition) is 1. The number of carbonyl (C=O) groups is 1. The molecule has 1 amide bonds. The van der Waals surface area contributed by atoms with Crippen molar-refractivity contribution in [2.24, 2.45) is 0 Å². The highest BCUT2D eigenvalue weighted by Crippen LogP contribution is 2.26. The van der Waals surface area contributed by atoms with Gasteiger partial charge in [-0.25, -0.2) is 8.42 Å². The van der Waals surface area contributed by atoms with Gasteiger partial charge in [0.25, 0.3) is 0 Å². The van der Waals surface area contributed by atoms with E-state index in [1.165, 1.54) is 4.31 Å². The quantitative estimate of drug-likeness (QED) is 0.699. The third-order valence-electron chi connectivity index (χ3n) is 4.37. The first kappa shape index (κ1) is 22.4. The molecule has 0 heterocycles. The van der Waals surface area contributed by atoms with Crippen LogP contribution in [0.2, 0.25) is 5.02 Å². The van der Waals surface area contributed by atoms with Gasteiger partial charge in [0.1, 0.15) is 0 Å². The maximum atomic E-state index is 13.5. The molecule has 0 aliphatic heterocycles. The Hall–Kier alpha value is -1.89. The Morgan fingerprint density at radius 1 is 1.07 bits per heavy atom. The molecule has 0 bridgehead atoms. The van der Waals surface area contributed by atoms with Crippen LogP contribution in [0.25, 0.3) is 0 Å². The first-order valence-electron chi connectivity index (χ1n) is 9.24. The van der Waals surface area contributed by atoms with Gasteiger partial charge in [0.15, 0.2) is 0 Å². The highest BCUT2D eigenvalue weighted by atomic mass is 35.5. The van der Waals surface area contributed by atoms with Crippen LogP contribution in [-0.2, 0) is 21.4 Å². The van der Waals surface area contributed by atoms with Gasteiger partial charge in [-0.2, -0.15) is 4.31 Å². The van der Waals surface area contributed by atoms with E-state index in [4.69, 9.17) is 11.6 Å². The van der Waals surface area contributed by atoms with Crippen molar-refractivity contribution < 1.29 is 13.2 Å². The summed E-state index contributed by atoms with van der Waals surface area (Å²) in [5.41, 5.74) is 3.11. The molecular weight excluding hydrogens is 396 g/mol. The summed E-state index contributed by atoms with van der Waals surface area (Å²) >= 11 is 5.94. The summed E-state index contributed by atoms with van der Waals surface area (Å²) in [5, 5.41) is 3.33. The van der Waals surface area contributed by atoms with Crippen LogP contribution < -0.4 is 5.32 Å². The van der Waals surface area contributed by atoms with E-state index in [0.717, 1.165) is 17.5 Å². The molecule has 0 aromatic heterocycles. The van der Waals surface area contributed by atoms with E-state index in [0.29, 0.717) is 22.7 Å². The fourth-order valence-corrected chi connectivity index (χ4v) is 5.12. The number of carbonyl (C=O) groups excluding carboxylic acids is 1. The standard InChI is InChI=1S/C21H27ClN2O3S/c1-5-10-23-20(25)14-24(13-18-6-8-19(22)9-7-18)28(26,27)21-16(3)11-15(2)12-17(21)4/h6-9,11-12H,5,10,13-14H2,1-4H3,(H,23,25). The van der Waals surface area contributed by atoms with Crippen LogP contribution in [0.15, 0.2) is 41.3 Å². The van der Waals surface area contributed by atoms with E-state index < -0.39 is 10.0 Å². The van der Waals surface area contributed by atoms with E-state index in [9.17, 15) is 13.2 Å². The lowest BCUT2D eigenvalue weighted by Crippen LogP contribution is -2.41. The molecule has 5 nitrogen and oxygen atoms in total. The SMILES string of the molecule is CCCNC(=O)CN(Cc1ccc(Cl)cc1)S(=O)(=O)c1c(C)cc(C)cc1C. The lowest BCUT2D eigenvalue weighted by molar-refractivity contribution is -0.121. The van der Waals surface area contributed by atoms with Crippen LogP contribution in [0.4, 0.5) is 0 Å². The molecule has 0 saturated carbocycles. The van der Waals surface area contributed by atoms with E-state index in [-0.39, 0.29) is 23.9 Å². The number of nitrogens with one attached hydrogen (secondary N) is 1. The molecule has 0 saturated heterocycles. The van der Waals surface area contributed by atoms with Crippen molar-refractivity contribution in [3.8, 4) is 0 Å². The van der Waals surface area contributed by atoms with Gasteiger partial charge >= 0.3 is 0 Å². The molecule has 0 radical (unpaired) electrons. The van der Waals surface area contributed by atoms with Crippen molar-refractivity contribution in [3.05, 3.63) is 63.7 Å². The highest BCUT2D eigenvalue weighted by Gasteiger charge is 2.29. The summed E-state index contributed by atoms with van der Waals surface area (Å²) in [7, 11) is -3.87. The second kappa shape index (κ2) is 9.54. The Labute approximate surface area is 172 Å². The molecule has 0 aliphatic rings. The van der Waals surface area contributed by atoms with Crippen LogP contribution in [-0.4, -0.2) is 31.7 Å². The maximum Gasteiger partial charge on any atom is 0.244 e. The minimum atomic E-state index is -3.87. The van der Waals surface area contributed by atoms with Crippen molar-refractivity contribution in [2.75, 3.05) is 13.1 Å². The molecule has 152 valence electrons. The molecule has 2 aromatic carbocycles. The Bertz CT molecular complexity index is 918. The minimum absolute atomic E-state index is 0.0891. The molecule has 7 heteroatoms. The zero-order valence-electron chi connectivity index (χ0n) is 16.8. The second-order valence-electron chi connectivity index (χ2n) is 6.98. The minimum Gasteiger partial charge on any atom is -0.355 e. The molecule has 2 rings (SSSR count). The third-order valence-corrected chi connectivity index (χ3v) is 6.72. The van der Waals surface area contributed by atoms with Crippen molar-refractivity contribution in [2.45, 2.75) is 45.6 Å². The molecule has 0 fully saturated rings. The van der Waals surface area contributed by atoms with Crippen LogP contribution >= 0.6 is 11.6 Å². The first-order chi connectivity index (χ1) is 13.1. The van der Waals surface area contributed by atoms with E-state index >= 15 is 0 Å². The molecule has 0 unspecified atom stereocenters. The third kappa shape index (κ3) is 5.56. The van der Waals surface area contributed by atoms with Gasteiger partial charge in [0, 0.05) is 18.1 Å². The largest absolute Gasteiger partial charge is 0.355 e. The van der Waals surface area contributed by atoms with Crippen molar-refractivity contribution in [1.82, 2.24) is 9.62 Å². The van der Waals surface area contributed by atoms with Gasteiger partial charge in [-0.05, 0) is 56.0 Å². The lowest BCUT2D eigenvalue weighted by Gasteiger charge is -2.24. The van der Waals surface area contributed by atoms with Crippen LogP contribution in [0.3, 0.4) is 0 Å². The van der Waals surface area contributed by atoms with Crippen LogP contribution in [0.1, 0.15) is 35.6 Å². The topological polar surface area (TPSA) is 66.5 Å². The molecule has 28 heavy (non-hydrogen) atoms. The van der Waals surface area contributed by atoms with E-state index in [2.05, 4.69) is 5.32 Å². The van der Waals surface area contributed by atoms with E-state index in [1.807, 2.05) is 26.0 Å². The fourth-order valence-electron chi connectivity index (χ4n) is 3.20. The van der Waals surface area contributed by atoms with E-state index in [1.54, 1.807) is 38.1 Å². The molecule has 1 N–H and O–H groups in total. The number of sulfonamides is 1. The summed E-state index contributed by atoms with van der Waals surface area (Å²) in [6.45, 7) is 7.80. The van der Waals surface area contributed by atoms with Crippen molar-refractivity contribution >= 4 is 27.5 Å². The van der Waals surface area contributed by atoms with Gasteiger partial charge in [-0.3, -0.25) is 4.79 Å². The van der Waals surface area contributed by atoms with Gasteiger partial charge in [-0.15, -0.1) is 0 Å². The molecule has 0 atom stereocenters. The first-order valence-corrected chi connectivity index (χ1v) is 11.1. The van der Waals surface area contributed by atoms with Gasteiger partial charge < -0.3 is 5.32 Å². The fraction of sp³-hybridized carbons (Fsp3) is 0.381. The van der Waals surface area contributed by atoms with Crippen molar-refractivity contribution in [1.29, 1.82) is 0 Å². The second-order valence-corrected chi connectivity index (χ2v) is 9.29. The number of aryl methyl sites for hydroxylation is 3. The van der Waals surface area contributed by atoms with Gasteiger partial charge in [-0.1, -0.05) is 48.4 Å². The maximum absolute atomic E-state index is 13.5. The Morgan fingerprint density at radius 2 is 1.64 bits per heavy atom. The molecule has 0 spiro atoms. The van der Waals surface area contributed by atoms with Gasteiger partial charge in [0.2, 0.25) is 15.9 Å². The summed E-state index contributed by atoms with van der Waals surface area (Å²) in [4.78, 5) is 12.6. The molecule has 2 aromatic rings. The van der Waals surface area contributed by atoms with Crippen molar-refractivity contribution in [3.63, 3.8) is 0 Å². The number of amides is 1. The number of halogens is 1. The number of benzene rings is 2. The summed E-state index contributed by atoms with van der Waals surface area (Å²) in [5.74, 6) is -0.318. The van der Waals surface area contributed by atoms with Crippen LogP contribution in [0.5, 0.6) is 0 Å².